The molecule has 0 radical (unpaired) electrons. The molecule has 1 N–H and O–H groups in total. The van der Waals surface area contributed by atoms with E-state index in [1.807, 2.05) is 25.1 Å². The van der Waals surface area contributed by atoms with Gasteiger partial charge in [0.1, 0.15) is 0 Å². The number of hydrogen-bond acceptors (Lipinski definition) is 2. The zero-order valence-electron chi connectivity index (χ0n) is 14.4. The topological polar surface area (TPSA) is 29.5 Å². The first-order valence-electron chi connectivity index (χ1n) is 8.48. The summed E-state index contributed by atoms with van der Waals surface area (Å²) < 4.78 is 5.60. The van der Waals surface area contributed by atoms with Crippen molar-refractivity contribution in [3.05, 3.63) is 71.3 Å². The fourth-order valence-corrected chi connectivity index (χ4v) is 2.62. The van der Waals surface area contributed by atoms with Gasteiger partial charge in [-0.1, -0.05) is 75.4 Å². The standard InChI is InChI=1S/C21H28O2/c1-16(2)20-11-9-19(10-12-20)15-17(3)21(22)23-14-13-18-7-5-4-6-8-18/h4-12,16-17,21-22H,13-15H2,1-3H3. The van der Waals surface area contributed by atoms with Crippen LogP contribution in [0.25, 0.3) is 0 Å². The first kappa shape index (κ1) is 17.7. The second-order valence-corrected chi connectivity index (χ2v) is 6.57. The van der Waals surface area contributed by atoms with Crippen LogP contribution in [0, 0.1) is 5.92 Å². The number of benzene rings is 2. The fraction of sp³-hybridized carbons (Fsp3) is 0.429. The van der Waals surface area contributed by atoms with Gasteiger partial charge >= 0.3 is 0 Å². The van der Waals surface area contributed by atoms with Gasteiger partial charge in [0.25, 0.3) is 0 Å². The zero-order chi connectivity index (χ0) is 16.7. The number of aliphatic hydroxyl groups is 1. The van der Waals surface area contributed by atoms with Crippen molar-refractivity contribution in [3.63, 3.8) is 0 Å². The third-order valence-electron chi connectivity index (χ3n) is 4.21. The summed E-state index contributed by atoms with van der Waals surface area (Å²) in [5.74, 6) is 0.629. The van der Waals surface area contributed by atoms with Gasteiger partial charge in [-0.15, -0.1) is 0 Å². The molecule has 2 atom stereocenters. The summed E-state index contributed by atoms with van der Waals surface area (Å²) in [4.78, 5) is 0. The second-order valence-electron chi connectivity index (χ2n) is 6.57. The fourth-order valence-electron chi connectivity index (χ4n) is 2.62. The lowest BCUT2D eigenvalue weighted by atomic mass is 9.97. The van der Waals surface area contributed by atoms with Crippen LogP contribution in [0.1, 0.15) is 43.4 Å². The van der Waals surface area contributed by atoms with Gasteiger partial charge in [-0.2, -0.15) is 0 Å². The van der Waals surface area contributed by atoms with E-state index in [0.717, 1.165) is 12.8 Å². The van der Waals surface area contributed by atoms with Gasteiger partial charge in [0.05, 0.1) is 6.61 Å². The van der Waals surface area contributed by atoms with Crippen LogP contribution < -0.4 is 0 Å². The lowest BCUT2D eigenvalue weighted by Crippen LogP contribution is -2.24. The maximum Gasteiger partial charge on any atom is 0.157 e. The molecule has 23 heavy (non-hydrogen) atoms. The van der Waals surface area contributed by atoms with E-state index in [9.17, 15) is 5.11 Å². The molecule has 0 fully saturated rings. The van der Waals surface area contributed by atoms with Gasteiger partial charge < -0.3 is 9.84 Å². The van der Waals surface area contributed by atoms with E-state index in [2.05, 4.69) is 50.2 Å². The quantitative estimate of drug-likeness (QED) is 0.724. The van der Waals surface area contributed by atoms with Crippen molar-refractivity contribution in [2.45, 2.75) is 45.8 Å². The lowest BCUT2D eigenvalue weighted by Gasteiger charge is -2.19. The molecule has 2 rings (SSSR count). The van der Waals surface area contributed by atoms with Gasteiger partial charge in [-0.3, -0.25) is 0 Å². The van der Waals surface area contributed by atoms with Crippen LogP contribution in [0.2, 0.25) is 0 Å². The third-order valence-corrected chi connectivity index (χ3v) is 4.21. The van der Waals surface area contributed by atoms with Crippen molar-refractivity contribution >= 4 is 0 Å². The van der Waals surface area contributed by atoms with Crippen LogP contribution >= 0.6 is 0 Å². The Bertz CT molecular complexity index is 560. The van der Waals surface area contributed by atoms with Crippen LogP contribution in [-0.4, -0.2) is 18.0 Å². The smallest absolute Gasteiger partial charge is 0.157 e. The Morgan fingerprint density at radius 3 is 2.13 bits per heavy atom. The molecule has 2 heteroatoms. The minimum Gasteiger partial charge on any atom is -0.368 e. The van der Waals surface area contributed by atoms with E-state index in [-0.39, 0.29) is 5.92 Å². The van der Waals surface area contributed by atoms with Gasteiger partial charge in [0, 0.05) is 5.92 Å². The van der Waals surface area contributed by atoms with Crippen molar-refractivity contribution < 1.29 is 9.84 Å². The minimum absolute atomic E-state index is 0.0793. The van der Waals surface area contributed by atoms with E-state index < -0.39 is 6.29 Å². The second kappa shape index (κ2) is 8.85. The normalized spacial score (nSPS) is 14.0. The first-order chi connectivity index (χ1) is 11.1. The summed E-state index contributed by atoms with van der Waals surface area (Å²) in [6, 6.07) is 18.9. The van der Waals surface area contributed by atoms with E-state index in [4.69, 9.17) is 4.74 Å². The number of hydrogen-bond donors (Lipinski definition) is 1. The monoisotopic (exact) mass is 312 g/mol. The Balaban J connectivity index is 1.77. The van der Waals surface area contributed by atoms with Crippen molar-refractivity contribution in [3.8, 4) is 0 Å². The summed E-state index contributed by atoms with van der Waals surface area (Å²) in [6.07, 6.45) is 0.932. The highest BCUT2D eigenvalue weighted by molar-refractivity contribution is 5.25. The highest BCUT2D eigenvalue weighted by atomic mass is 16.6. The van der Waals surface area contributed by atoms with Crippen LogP contribution in [0.4, 0.5) is 0 Å². The Morgan fingerprint density at radius 1 is 0.870 bits per heavy atom. The molecule has 0 aliphatic rings. The SMILES string of the molecule is CC(C)c1ccc(CC(C)C(O)OCCc2ccccc2)cc1. The van der Waals surface area contributed by atoms with Crippen LogP contribution in [0.3, 0.4) is 0 Å². The third kappa shape index (κ3) is 5.81. The summed E-state index contributed by atoms with van der Waals surface area (Å²) >= 11 is 0. The predicted octanol–water partition coefficient (Wildman–Crippen LogP) is 4.57. The molecule has 0 aliphatic heterocycles. The van der Waals surface area contributed by atoms with Gasteiger partial charge in [-0.05, 0) is 35.4 Å². The van der Waals surface area contributed by atoms with Crippen molar-refractivity contribution in [2.24, 2.45) is 5.92 Å². The zero-order valence-corrected chi connectivity index (χ0v) is 14.4. The number of ether oxygens (including phenoxy) is 1. The highest BCUT2D eigenvalue weighted by Crippen LogP contribution is 2.18. The molecule has 0 spiro atoms. The van der Waals surface area contributed by atoms with Crippen molar-refractivity contribution in [1.82, 2.24) is 0 Å². The van der Waals surface area contributed by atoms with E-state index >= 15 is 0 Å². The Kier molecular flexibility index (Phi) is 6.82. The van der Waals surface area contributed by atoms with Crippen molar-refractivity contribution in [2.75, 3.05) is 6.61 Å². The Hall–Kier alpha value is -1.64. The largest absolute Gasteiger partial charge is 0.368 e. The molecular weight excluding hydrogens is 284 g/mol. The van der Waals surface area contributed by atoms with Crippen LogP contribution in [0.15, 0.2) is 54.6 Å². The van der Waals surface area contributed by atoms with Crippen LogP contribution in [0.5, 0.6) is 0 Å². The number of aliphatic hydroxyl groups excluding tert-OH is 1. The highest BCUT2D eigenvalue weighted by Gasteiger charge is 2.15. The molecule has 2 nitrogen and oxygen atoms in total. The van der Waals surface area contributed by atoms with E-state index in [0.29, 0.717) is 12.5 Å². The number of rotatable bonds is 8. The molecule has 0 heterocycles. The molecule has 0 amide bonds. The first-order valence-corrected chi connectivity index (χ1v) is 8.48. The molecule has 0 bridgehead atoms. The van der Waals surface area contributed by atoms with E-state index in [1.165, 1.54) is 16.7 Å². The molecular formula is C21H28O2. The molecule has 0 aliphatic carbocycles. The average molecular weight is 312 g/mol. The molecule has 2 unspecified atom stereocenters. The summed E-state index contributed by atoms with van der Waals surface area (Å²) in [7, 11) is 0. The molecule has 0 saturated heterocycles. The van der Waals surface area contributed by atoms with E-state index in [1.54, 1.807) is 0 Å². The lowest BCUT2D eigenvalue weighted by molar-refractivity contribution is -0.129. The summed E-state index contributed by atoms with van der Waals surface area (Å²) in [5, 5.41) is 10.2. The van der Waals surface area contributed by atoms with Gasteiger partial charge in [0.2, 0.25) is 0 Å². The molecule has 124 valence electrons. The predicted molar refractivity (Wildman–Crippen MR) is 95.5 cm³/mol. The van der Waals surface area contributed by atoms with Crippen molar-refractivity contribution in [1.29, 1.82) is 0 Å². The average Bonchev–Trinajstić information content (AvgIpc) is 2.56. The Labute approximate surface area is 140 Å². The molecule has 2 aromatic rings. The summed E-state index contributed by atoms with van der Waals surface area (Å²) in [5.41, 5.74) is 3.82. The minimum atomic E-state index is -0.719. The Morgan fingerprint density at radius 2 is 1.52 bits per heavy atom. The maximum atomic E-state index is 10.2. The van der Waals surface area contributed by atoms with Gasteiger partial charge in [-0.25, -0.2) is 0 Å². The summed E-state index contributed by atoms with van der Waals surface area (Å²) in [6.45, 7) is 6.97. The molecule has 0 saturated carbocycles. The maximum absolute atomic E-state index is 10.2. The molecule has 0 aromatic heterocycles. The van der Waals surface area contributed by atoms with Crippen LogP contribution in [-0.2, 0) is 17.6 Å². The van der Waals surface area contributed by atoms with Gasteiger partial charge in [0.15, 0.2) is 6.29 Å². The molecule has 2 aromatic carbocycles.